The van der Waals surface area contributed by atoms with Gasteiger partial charge in [-0.25, -0.2) is 9.97 Å². The second-order valence-electron chi connectivity index (χ2n) is 6.72. The van der Waals surface area contributed by atoms with E-state index in [1.807, 2.05) is 0 Å². The first-order valence-electron chi connectivity index (χ1n) is 9.51. The molecule has 7 nitrogen and oxygen atoms in total. The summed E-state index contributed by atoms with van der Waals surface area (Å²) in [7, 11) is 0. The summed E-state index contributed by atoms with van der Waals surface area (Å²) >= 11 is 7.00. The number of carbonyl (C=O) groups is 2. The molecule has 2 N–H and O–H groups in total. The second-order valence-corrected chi connectivity index (χ2v) is 8.08. The van der Waals surface area contributed by atoms with Crippen LogP contribution in [0.5, 0.6) is 0 Å². The molecule has 1 aromatic carbocycles. The summed E-state index contributed by atoms with van der Waals surface area (Å²) in [5.74, 6) is -1.22. The van der Waals surface area contributed by atoms with Crippen LogP contribution in [0, 0.1) is 0 Å². The minimum absolute atomic E-state index is 0.0694. The van der Waals surface area contributed by atoms with Crippen molar-refractivity contribution in [2.24, 2.45) is 0 Å². The number of carboxylic acids is 1. The van der Waals surface area contributed by atoms with Crippen LogP contribution in [0.2, 0.25) is 5.02 Å². The number of aliphatic carboxylic acids is 1. The quantitative estimate of drug-likeness (QED) is 0.471. The Hall–Kier alpha value is -2.79. The average Bonchev–Trinajstić information content (AvgIpc) is 3.05. The van der Waals surface area contributed by atoms with Crippen molar-refractivity contribution in [1.82, 2.24) is 19.9 Å². The highest BCUT2D eigenvalue weighted by atomic mass is 35.5. The van der Waals surface area contributed by atoms with Crippen molar-refractivity contribution in [2.45, 2.75) is 42.7 Å². The van der Waals surface area contributed by atoms with Crippen LogP contribution in [-0.4, -0.2) is 38.1 Å². The van der Waals surface area contributed by atoms with Crippen molar-refractivity contribution in [3.63, 3.8) is 0 Å². The van der Waals surface area contributed by atoms with E-state index in [0.717, 1.165) is 17.8 Å². The van der Waals surface area contributed by atoms with Gasteiger partial charge in [0, 0.05) is 31.3 Å². The summed E-state index contributed by atoms with van der Waals surface area (Å²) in [6.45, 7) is 2.55. The van der Waals surface area contributed by atoms with Gasteiger partial charge in [-0.2, -0.15) is 13.2 Å². The van der Waals surface area contributed by atoms with Gasteiger partial charge in [-0.05, 0) is 49.4 Å². The summed E-state index contributed by atoms with van der Waals surface area (Å²) < 4.78 is 40.4. The number of fused-ring (bicyclic) bond motifs is 1. The molecule has 0 fully saturated rings. The van der Waals surface area contributed by atoms with Gasteiger partial charge >= 0.3 is 12.1 Å². The summed E-state index contributed by atoms with van der Waals surface area (Å²) in [6.07, 6.45) is -3.64. The van der Waals surface area contributed by atoms with Gasteiger partial charge in [0.2, 0.25) is 0 Å². The number of aromatic nitrogens is 3. The molecule has 0 radical (unpaired) electrons. The lowest BCUT2D eigenvalue weighted by molar-refractivity contribution is -0.138. The number of nitrogens with one attached hydrogen (secondary N) is 1. The predicted molar refractivity (Wildman–Crippen MR) is 113 cm³/mol. The first kappa shape index (κ1) is 23.9. The lowest BCUT2D eigenvalue weighted by atomic mass is 10.2. The highest BCUT2D eigenvalue weighted by Gasteiger charge is 2.31. The highest BCUT2D eigenvalue weighted by Crippen LogP contribution is 2.37. The minimum Gasteiger partial charge on any atom is -0.481 e. The van der Waals surface area contributed by atoms with Gasteiger partial charge in [0.15, 0.2) is 5.16 Å². The fraction of sp³-hybridized carbons (Fsp3) is 0.300. The van der Waals surface area contributed by atoms with E-state index in [4.69, 9.17) is 16.7 Å². The highest BCUT2D eigenvalue weighted by molar-refractivity contribution is 7.99. The Morgan fingerprint density at radius 3 is 2.66 bits per heavy atom. The molecule has 0 aliphatic heterocycles. The number of hydrogen-bond acceptors (Lipinski definition) is 5. The summed E-state index contributed by atoms with van der Waals surface area (Å²) in [4.78, 5) is 31.4. The first-order chi connectivity index (χ1) is 15.1. The van der Waals surface area contributed by atoms with E-state index >= 15 is 0 Å². The fourth-order valence-electron chi connectivity index (χ4n) is 2.94. The molecule has 0 bridgehead atoms. The summed E-state index contributed by atoms with van der Waals surface area (Å²) in [6, 6.07) is 5.71. The molecule has 0 saturated heterocycles. The molecule has 3 rings (SSSR count). The summed E-state index contributed by atoms with van der Waals surface area (Å²) in [5, 5.41) is 11.9. The molecule has 0 aliphatic carbocycles. The Balaban J connectivity index is 1.99. The molecule has 2 heterocycles. The molecule has 2 aromatic heterocycles. The smallest absolute Gasteiger partial charge is 0.417 e. The number of carbonyl (C=O) groups excluding carboxylic acids is 1. The van der Waals surface area contributed by atoms with Crippen LogP contribution >= 0.6 is 23.4 Å². The predicted octanol–water partition coefficient (Wildman–Crippen LogP) is 4.87. The van der Waals surface area contributed by atoms with Gasteiger partial charge in [-0.3, -0.25) is 9.59 Å². The van der Waals surface area contributed by atoms with E-state index in [9.17, 15) is 22.8 Å². The molecule has 0 atom stereocenters. The third-order valence-electron chi connectivity index (χ3n) is 4.41. The van der Waals surface area contributed by atoms with E-state index in [2.05, 4.69) is 15.3 Å². The largest absolute Gasteiger partial charge is 0.481 e. The number of nitrogens with zero attached hydrogens (tertiary/aromatic N) is 3. The summed E-state index contributed by atoms with van der Waals surface area (Å²) in [5.41, 5.74) is 0.564. The molecule has 0 spiro atoms. The zero-order valence-corrected chi connectivity index (χ0v) is 18.3. The molecule has 12 heteroatoms. The lowest BCUT2D eigenvalue weighted by Crippen LogP contribution is -2.22. The van der Waals surface area contributed by atoms with E-state index < -0.39 is 17.7 Å². The van der Waals surface area contributed by atoms with Crippen molar-refractivity contribution >= 4 is 46.3 Å². The van der Waals surface area contributed by atoms with E-state index in [1.165, 1.54) is 0 Å². The van der Waals surface area contributed by atoms with Gasteiger partial charge in [0.1, 0.15) is 5.03 Å². The van der Waals surface area contributed by atoms with Gasteiger partial charge in [-0.1, -0.05) is 11.6 Å². The molecular formula is C20H18ClF3N4O3S. The molecule has 170 valence electrons. The van der Waals surface area contributed by atoms with Crippen LogP contribution in [-0.2, 0) is 17.5 Å². The maximum absolute atomic E-state index is 12.9. The number of alkyl halides is 3. The van der Waals surface area contributed by atoms with Gasteiger partial charge in [0.05, 0.1) is 21.6 Å². The Morgan fingerprint density at radius 2 is 2.03 bits per heavy atom. The van der Waals surface area contributed by atoms with Crippen molar-refractivity contribution in [3.05, 3.63) is 46.6 Å². The number of halogens is 4. The number of aryl methyl sites for hydroxylation is 1. The van der Waals surface area contributed by atoms with Crippen LogP contribution in [0.15, 0.2) is 40.6 Å². The van der Waals surface area contributed by atoms with Gasteiger partial charge in [0.25, 0.3) is 5.91 Å². The number of benzene rings is 1. The number of amides is 1. The minimum atomic E-state index is -4.57. The van der Waals surface area contributed by atoms with Crippen molar-refractivity contribution in [3.8, 4) is 0 Å². The molecule has 0 unspecified atom stereocenters. The number of imidazole rings is 1. The van der Waals surface area contributed by atoms with Crippen molar-refractivity contribution < 1.29 is 27.9 Å². The Bertz CT molecular complexity index is 1170. The number of rotatable bonds is 8. The Kier molecular flexibility index (Phi) is 7.29. The second kappa shape index (κ2) is 9.78. The van der Waals surface area contributed by atoms with Gasteiger partial charge < -0.3 is 15.0 Å². The first-order valence-corrected chi connectivity index (χ1v) is 10.7. The topological polar surface area (TPSA) is 97.1 Å². The standard InChI is InChI=1S/C20H18ClF3N4O3S/c1-2-25-17(31)11-5-6-15-14(8-11)27-19(28(15)7-3-4-16(29)30)32-18-13(21)9-12(10-26-18)20(22,23)24/h5-6,8-10H,2-4,7H2,1H3,(H,25,31)(H,29,30). The maximum Gasteiger partial charge on any atom is 0.417 e. The van der Waals surface area contributed by atoms with Crippen LogP contribution in [0.25, 0.3) is 11.0 Å². The zero-order chi connectivity index (χ0) is 23.5. The number of hydrogen-bond donors (Lipinski definition) is 2. The zero-order valence-electron chi connectivity index (χ0n) is 16.7. The van der Waals surface area contributed by atoms with E-state index in [1.54, 1.807) is 29.7 Å². The van der Waals surface area contributed by atoms with Crippen molar-refractivity contribution in [2.75, 3.05) is 6.54 Å². The monoisotopic (exact) mass is 486 g/mol. The van der Waals surface area contributed by atoms with Crippen molar-refractivity contribution in [1.29, 1.82) is 0 Å². The molecule has 0 aliphatic rings. The molecule has 0 saturated carbocycles. The number of pyridine rings is 1. The Labute approximate surface area is 190 Å². The van der Waals surface area contributed by atoms with Gasteiger partial charge in [-0.15, -0.1) is 0 Å². The SMILES string of the molecule is CCNC(=O)c1ccc2c(c1)nc(Sc1ncc(C(F)(F)F)cc1Cl)n2CCCC(=O)O. The third kappa shape index (κ3) is 5.52. The average molecular weight is 487 g/mol. The van der Waals surface area contributed by atoms with Crippen LogP contribution in [0.3, 0.4) is 0 Å². The molecule has 32 heavy (non-hydrogen) atoms. The number of carboxylic acid groups (broad SMARTS) is 1. The normalized spacial score (nSPS) is 11.7. The lowest BCUT2D eigenvalue weighted by Gasteiger charge is -2.10. The molecular weight excluding hydrogens is 469 g/mol. The third-order valence-corrected chi connectivity index (χ3v) is 5.82. The van der Waals surface area contributed by atoms with Crippen LogP contribution in [0.4, 0.5) is 13.2 Å². The maximum atomic E-state index is 12.9. The molecule has 3 aromatic rings. The molecule has 1 amide bonds. The van der Waals surface area contributed by atoms with E-state index in [0.29, 0.717) is 47.5 Å². The Morgan fingerprint density at radius 1 is 1.28 bits per heavy atom. The fourth-order valence-corrected chi connectivity index (χ4v) is 4.10. The van der Waals surface area contributed by atoms with E-state index in [-0.39, 0.29) is 22.4 Å². The van der Waals surface area contributed by atoms with Crippen LogP contribution in [0.1, 0.15) is 35.7 Å². The van der Waals surface area contributed by atoms with Crippen LogP contribution < -0.4 is 5.32 Å².